The minimum Gasteiger partial charge on any atom is -0.368 e. The lowest BCUT2D eigenvalue weighted by Crippen LogP contribution is -2.33. The molecular weight excluding hydrogens is 144 g/mol. The third kappa shape index (κ3) is 1.19. The lowest BCUT2D eigenvalue weighted by atomic mass is 9.77. The van der Waals surface area contributed by atoms with Crippen LogP contribution in [0.5, 0.6) is 0 Å². The standard InChI is InChI=1S/C8H14O3/c1-5-7(10)11-4-8(5,3)6(2)9/h5,7,10H,4H2,1-3H3/t5-,7-,8+/m1/s1. The number of Topliss-reactive ketones (excluding diaryl/α,β-unsaturated/α-hetero) is 1. The average Bonchev–Trinajstić information content (AvgIpc) is 2.18. The first-order valence-corrected chi connectivity index (χ1v) is 3.79. The topological polar surface area (TPSA) is 46.5 Å². The quantitative estimate of drug-likeness (QED) is 0.606. The van der Waals surface area contributed by atoms with Gasteiger partial charge in [0, 0.05) is 5.92 Å². The molecule has 1 heterocycles. The maximum absolute atomic E-state index is 11.1. The van der Waals surface area contributed by atoms with Crippen molar-refractivity contribution in [2.24, 2.45) is 11.3 Å². The Bertz CT molecular complexity index is 178. The molecule has 3 atom stereocenters. The highest BCUT2D eigenvalue weighted by Crippen LogP contribution is 2.37. The Balaban J connectivity index is 2.81. The van der Waals surface area contributed by atoms with Crippen LogP contribution in [0.3, 0.4) is 0 Å². The van der Waals surface area contributed by atoms with Gasteiger partial charge in [0.05, 0.1) is 12.0 Å². The zero-order chi connectivity index (χ0) is 8.65. The van der Waals surface area contributed by atoms with Crippen molar-refractivity contribution in [1.29, 1.82) is 0 Å². The van der Waals surface area contributed by atoms with E-state index >= 15 is 0 Å². The predicted octanol–water partition coefficient (Wildman–Crippen LogP) is 0.566. The molecule has 0 aromatic heterocycles. The van der Waals surface area contributed by atoms with Gasteiger partial charge in [-0.15, -0.1) is 0 Å². The van der Waals surface area contributed by atoms with E-state index in [-0.39, 0.29) is 11.7 Å². The van der Waals surface area contributed by atoms with E-state index in [0.717, 1.165) is 0 Å². The van der Waals surface area contributed by atoms with E-state index in [4.69, 9.17) is 4.74 Å². The van der Waals surface area contributed by atoms with Gasteiger partial charge in [0.15, 0.2) is 6.29 Å². The number of aliphatic hydroxyl groups is 1. The summed E-state index contributed by atoms with van der Waals surface area (Å²) >= 11 is 0. The van der Waals surface area contributed by atoms with E-state index in [1.54, 1.807) is 0 Å². The summed E-state index contributed by atoms with van der Waals surface area (Å²) in [5, 5.41) is 9.21. The van der Waals surface area contributed by atoms with E-state index < -0.39 is 11.7 Å². The van der Waals surface area contributed by atoms with Gasteiger partial charge in [0.25, 0.3) is 0 Å². The molecule has 0 unspecified atom stereocenters. The summed E-state index contributed by atoms with van der Waals surface area (Å²) in [4.78, 5) is 11.1. The molecule has 1 saturated heterocycles. The summed E-state index contributed by atoms with van der Waals surface area (Å²) in [7, 11) is 0. The van der Waals surface area contributed by atoms with Gasteiger partial charge in [-0.2, -0.15) is 0 Å². The SMILES string of the molecule is CC(=O)[C@@]1(C)CO[C@@H](O)[C@H]1C. The van der Waals surface area contributed by atoms with Crippen LogP contribution in [0.2, 0.25) is 0 Å². The number of carbonyl (C=O) groups excluding carboxylic acids is 1. The van der Waals surface area contributed by atoms with Crippen molar-refractivity contribution >= 4 is 5.78 Å². The third-order valence-corrected chi connectivity index (χ3v) is 2.79. The van der Waals surface area contributed by atoms with Gasteiger partial charge in [0.1, 0.15) is 5.78 Å². The zero-order valence-electron chi connectivity index (χ0n) is 7.13. The molecule has 3 heteroatoms. The molecule has 64 valence electrons. The highest BCUT2D eigenvalue weighted by Gasteiger charge is 2.46. The molecule has 1 fully saturated rings. The van der Waals surface area contributed by atoms with Crippen LogP contribution in [0.4, 0.5) is 0 Å². The van der Waals surface area contributed by atoms with Crippen LogP contribution in [0.25, 0.3) is 0 Å². The van der Waals surface area contributed by atoms with Crippen molar-refractivity contribution in [2.75, 3.05) is 6.61 Å². The lowest BCUT2D eigenvalue weighted by Gasteiger charge is -2.23. The molecule has 0 amide bonds. The number of carbonyl (C=O) groups is 1. The van der Waals surface area contributed by atoms with Crippen molar-refractivity contribution < 1.29 is 14.6 Å². The fraction of sp³-hybridized carbons (Fsp3) is 0.875. The Kier molecular flexibility index (Phi) is 2.03. The molecule has 0 aromatic rings. The largest absolute Gasteiger partial charge is 0.368 e. The molecule has 1 rings (SSSR count). The van der Waals surface area contributed by atoms with E-state index in [9.17, 15) is 9.90 Å². The second kappa shape index (κ2) is 2.57. The molecule has 1 aliphatic rings. The molecule has 0 bridgehead atoms. The van der Waals surface area contributed by atoms with Crippen LogP contribution < -0.4 is 0 Å². The normalized spacial score (nSPS) is 44.4. The molecule has 0 aliphatic carbocycles. The maximum Gasteiger partial charge on any atom is 0.158 e. The Hall–Kier alpha value is -0.410. The van der Waals surface area contributed by atoms with E-state index in [2.05, 4.69) is 0 Å². The minimum atomic E-state index is -0.774. The monoisotopic (exact) mass is 158 g/mol. The van der Waals surface area contributed by atoms with Crippen LogP contribution in [-0.2, 0) is 9.53 Å². The highest BCUT2D eigenvalue weighted by molar-refractivity contribution is 5.82. The zero-order valence-corrected chi connectivity index (χ0v) is 7.13. The number of hydrogen-bond donors (Lipinski definition) is 1. The summed E-state index contributed by atoms with van der Waals surface area (Å²) < 4.78 is 4.98. The lowest BCUT2D eigenvalue weighted by molar-refractivity contribution is -0.127. The number of ketones is 1. The van der Waals surface area contributed by atoms with Gasteiger partial charge in [-0.25, -0.2) is 0 Å². The molecular formula is C8H14O3. The van der Waals surface area contributed by atoms with Crippen molar-refractivity contribution in [2.45, 2.75) is 27.1 Å². The van der Waals surface area contributed by atoms with Crippen LogP contribution in [0.1, 0.15) is 20.8 Å². The average molecular weight is 158 g/mol. The number of ether oxygens (including phenoxy) is 1. The smallest absolute Gasteiger partial charge is 0.158 e. The number of aliphatic hydroxyl groups excluding tert-OH is 1. The van der Waals surface area contributed by atoms with E-state index in [1.165, 1.54) is 6.92 Å². The Morgan fingerprint density at radius 1 is 1.73 bits per heavy atom. The fourth-order valence-electron chi connectivity index (χ4n) is 1.27. The van der Waals surface area contributed by atoms with Crippen LogP contribution >= 0.6 is 0 Å². The van der Waals surface area contributed by atoms with Gasteiger partial charge < -0.3 is 9.84 Å². The fourth-order valence-corrected chi connectivity index (χ4v) is 1.27. The first-order chi connectivity index (χ1) is 4.98. The van der Waals surface area contributed by atoms with E-state index in [1.807, 2.05) is 13.8 Å². The van der Waals surface area contributed by atoms with Gasteiger partial charge in [-0.1, -0.05) is 6.92 Å². The van der Waals surface area contributed by atoms with Crippen molar-refractivity contribution in [3.63, 3.8) is 0 Å². The minimum absolute atomic E-state index is 0.0848. The van der Waals surface area contributed by atoms with Gasteiger partial charge >= 0.3 is 0 Å². The summed E-state index contributed by atoms with van der Waals surface area (Å²) in [5.74, 6) is -0.0125. The van der Waals surface area contributed by atoms with Crippen molar-refractivity contribution in [3.05, 3.63) is 0 Å². The second-order valence-electron chi connectivity index (χ2n) is 3.46. The molecule has 0 saturated carbocycles. The van der Waals surface area contributed by atoms with Crippen LogP contribution in [0, 0.1) is 11.3 Å². The first kappa shape index (κ1) is 8.68. The Morgan fingerprint density at radius 2 is 2.27 bits per heavy atom. The van der Waals surface area contributed by atoms with Gasteiger partial charge in [0.2, 0.25) is 0 Å². The number of rotatable bonds is 1. The first-order valence-electron chi connectivity index (χ1n) is 3.79. The summed E-state index contributed by atoms with van der Waals surface area (Å²) in [5.41, 5.74) is -0.487. The summed E-state index contributed by atoms with van der Waals surface area (Å²) in [6.45, 7) is 5.54. The maximum atomic E-state index is 11.1. The Morgan fingerprint density at radius 3 is 2.45 bits per heavy atom. The Labute approximate surface area is 66.4 Å². The molecule has 0 spiro atoms. The molecule has 3 nitrogen and oxygen atoms in total. The third-order valence-electron chi connectivity index (χ3n) is 2.79. The molecule has 0 aromatic carbocycles. The van der Waals surface area contributed by atoms with Crippen LogP contribution in [-0.4, -0.2) is 23.8 Å². The van der Waals surface area contributed by atoms with Gasteiger partial charge in [-0.05, 0) is 13.8 Å². The molecule has 1 aliphatic heterocycles. The molecule has 1 N–H and O–H groups in total. The predicted molar refractivity (Wildman–Crippen MR) is 39.9 cm³/mol. The second-order valence-corrected chi connectivity index (χ2v) is 3.46. The highest BCUT2D eigenvalue weighted by atomic mass is 16.6. The summed E-state index contributed by atoms with van der Waals surface area (Å²) in [6, 6.07) is 0. The molecule has 11 heavy (non-hydrogen) atoms. The number of hydrogen-bond acceptors (Lipinski definition) is 3. The van der Waals surface area contributed by atoms with Crippen LogP contribution in [0.15, 0.2) is 0 Å². The van der Waals surface area contributed by atoms with Crippen molar-refractivity contribution in [1.82, 2.24) is 0 Å². The molecule has 0 radical (unpaired) electrons. The van der Waals surface area contributed by atoms with E-state index in [0.29, 0.717) is 6.61 Å². The summed E-state index contributed by atoms with van der Waals surface area (Å²) in [6.07, 6.45) is -0.774. The van der Waals surface area contributed by atoms with Crippen molar-refractivity contribution in [3.8, 4) is 0 Å². The van der Waals surface area contributed by atoms with Gasteiger partial charge in [-0.3, -0.25) is 4.79 Å².